The number of carbonyl (C=O) groups is 2. The fourth-order valence-electron chi connectivity index (χ4n) is 2.24. The number of aliphatic carboxylic acids is 1. The molecule has 1 heterocycles. The molecule has 6 nitrogen and oxygen atoms in total. The fraction of sp³-hybridized carbons (Fsp3) is 0.733. The maximum atomic E-state index is 11.8. The molecular formula is C15H25NO5. The van der Waals surface area contributed by atoms with Gasteiger partial charge in [-0.25, -0.2) is 0 Å². The van der Waals surface area contributed by atoms with Crippen LogP contribution >= 0.6 is 0 Å². The second-order valence-corrected chi connectivity index (χ2v) is 6.24. The number of carboxylic acid groups (broad SMARTS) is 1. The summed E-state index contributed by atoms with van der Waals surface area (Å²) in [5, 5.41) is 11.6. The van der Waals surface area contributed by atoms with Crippen molar-refractivity contribution in [2.75, 3.05) is 19.8 Å². The Morgan fingerprint density at radius 3 is 2.57 bits per heavy atom. The lowest BCUT2D eigenvalue weighted by molar-refractivity contribution is -0.137. The number of rotatable bonds is 7. The molecule has 1 amide bonds. The van der Waals surface area contributed by atoms with E-state index < -0.39 is 5.97 Å². The Labute approximate surface area is 125 Å². The van der Waals surface area contributed by atoms with Crippen LogP contribution in [0, 0.1) is 11.3 Å². The van der Waals surface area contributed by atoms with Crippen LogP contribution in [0.3, 0.4) is 0 Å². The second kappa shape index (κ2) is 7.90. The summed E-state index contributed by atoms with van der Waals surface area (Å²) in [6.45, 7) is 7.58. The van der Waals surface area contributed by atoms with E-state index >= 15 is 0 Å². The highest BCUT2D eigenvalue weighted by Gasteiger charge is 2.25. The summed E-state index contributed by atoms with van der Waals surface area (Å²) in [7, 11) is 0. The van der Waals surface area contributed by atoms with Crippen molar-refractivity contribution in [3.8, 4) is 0 Å². The van der Waals surface area contributed by atoms with E-state index in [1.807, 2.05) is 0 Å². The lowest BCUT2D eigenvalue weighted by Crippen LogP contribution is -2.32. The van der Waals surface area contributed by atoms with Crippen LogP contribution in [0.5, 0.6) is 0 Å². The minimum Gasteiger partial charge on any atom is -0.494 e. The second-order valence-electron chi connectivity index (χ2n) is 6.24. The highest BCUT2D eigenvalue weighted by Crippen LogP contribution is 2.32. The number of carbonyl (C=O) groups excluding carboxylic acids is 1. The minimum absolute atomic E-state index is 0.00386. The van der Waals surface area contributed by atoms with Crippen LogP contribution in [0.1, 0.15) is 40.0 Å². The number of ether oxygens (including phenoxy) is 2. The Hall–Kier alpha value is -1.72. The smallest absolute Gasteiger partial charge is 0.303 e. The monoisotopic (exact) mass is 299 g/mol. The summed E-state index contributed by atoms with van der Waals surface area (Å²) >= 11 is 0. The Bertz CT molecular complexity index is 397. The van der Waals surface area contributed by atoms with Crippen molar-refractivity contribution < 1.29 is 24.2 Å². The van der Waals surface area contributed by atoms with Crippen molar-refractivity contribution in [3.05, 3.63) is 12.0 Å². The first kappa shape index (κ1) is 17.3. The first-order valence-electron chi connectivity index (χ1n) is 7.25. The standard InChI is InChI=1S/C15H25NO5/c1-15(2,3)11(4-5-13(17)18)6-7-16-14(19)12-10-20-8-9-21-12/h10-11H,4-9H2,1-3H3,(H,16,19)(H,17,18). The van der Waals surface area contributed by atoms with Crippen LogP contribution in [0.15, 0.2) is 12.0 Å². The molecular weight excluding hydrogens is 274 g/mol. The van der Waals surface area contributed by atoms with Crippen molar-refractivity contribution in [3.63, 3.8) is 0 Å². The molecule has 0 radical (unpaired) electrons. The molecule has 1 rings (SSSR count). The molecule has 6 heteroatoms. The molecule has 1 atom stereocenters. The summed E-state index contributed by atoms with van der Waals surface area (Å²) in [6, 6.07) is 0. The lowest BCUT2D eigenvalue weighted by atomic mass is 9.76. The van der Waals surface area contributed by atoms with Gasteiger partial charge in [-0.3, -0.25) is 9.59 Å². The molecule has 0 aliphatic carbocycles. The number of hydrogen-bond donors (Lipinski definition) is 2. The molecule has 0 aromatic rings. The molecule has 0 saturated carbocycles. The van der Waals surface area contributed by atoms with Crippen LogP contribution in [0.2, 0.25) is 0 Å². The molecule has 1 aliphatic heterocycles. The van der Waals surface area contributed by atoms with Gasteiger partial charge in [-0.15, -0.1) is 0 Å². The van der Waals surface area contributed by atoms with Gasteiger partial charge in [0.05, 0.1) is 0 Å². The van der Waals surface area contributed by atoms with Crippen LogP contribution in [-0.2, 0) is 19.1 Å². The average Bonchev–Trinajstić information content (AvgIpc) is 2.41. The van der Waals surface area contributed by atoms with Gasteiger partial charge in [-0.2, -0.15) is 0 Å². The normalized spacial score (nSPS) is 16.2. The molecule has 2 N–H and O–H groups in total. The van der Waals surface area contributed by atoms with E-state index in [1.54, 1.807) is 0 Å². The average molecular weight is 299 g/mol. The van der Waals surface area contributed by atoms with E-state index in [9.17, 15) is 9.59 Å². The van der Waals surface area contributed by atoms with Crippen molar-refractivity contribution in [2.24, 2.45) is 11.3 Å². The molecule has 1 aliphatic rings. The molecule has 0 spiro atoms. The van der Waals surface area contributed by atoms with Crippen molar-refractivity contribution in [1.29, 1.82) is 0 Å². The number of hydrogen-bond acceptors (Lipinski definition) is 4. The number of nitrogens with one attached hydrogen (secondary N) is 1. The first-order valence-corrected chi connectivity index (χ1v) is 7.25. The van der Waals surface area contributed by atoms with Crippen LogP contribution in [0.25, 0.3) is 0 Å². The minimum atomic E-state index is -0.786. The highest BCUT2D eigenvalue weighted by molar-refractivity contribution is 5.91. The summed E-state index contributed by atoms with van der Waals surface area (Å²) in [6.07, 6.45) is 2.82. The van der Waals surface area contributed by atoms with E-state index in [2.05, 4.69) is 26.1 Å². The van der Waals surface area contributed by atoms with E-state index in [4.69, 9.17) is 14.6 Å². The molecule has 1 unspecified atom stereocenters. The summed E-state index contributed by atoms with van der Waals surface area (Å²) in [5.41, 5.74) is 0.00386. The fourth-order valence-corrected chi connectivity index (χ4v) is 2.24. The van der Waals surface area contributed by atoms with E-state index in [1.165, 1.54) is 6.26 Å². The number of carboxylic acids is 1. The maximum Gasteiger partial charge on any atom is 0.303 e. The van der Waals surface area contributed by atoms with Gasteiger partial charge in [0.15, 0.2) is 0 Å². The van der Waals surface area contributed by atoms with Gasteiger partial charge >= 0.3 is 5.97 Å². The van der Waals surface area contributed by atoms with E-state index in [0.29, 0.717) is 26.2 Å². The largest absolute Gasteiger partial charge is 0.494 e. The molecule has 0 fully saturated rings. The van der Waals surface area contributed by atoms with Crippen molar-refractivity contribution in [1.82, 2.24) is 5.32 Å². The zero-order valence-electron chi connectivity index (χ0n) is 13.0. The number of amides is 1. The van der Waals surface area contributed by atoms with Crippen LogP contribution in [0.4, 0.5) is 0 Å². The quantitative estimate of drug-likeness (QED) is 0.750. The predicted molar refractivity (Wildman–Crippen MR) is 77.4 cm³/mol. The Morgan fingerprint density at radius 2 is 2.05 bits per heavy atom. The van der Waals surface area contributed by atoms with Gasteiger partial charge in [-0.1, -0.05) is 20.8 Å². The van der Waals surface area contributed by atoms with E-state index in [-0.39, 0.29) is 29.4 Å². The SMILES string of the molecule is CC(C)(C)C(CCNC(=O)C1=COCCO1)CCC(=O)O. The third-order valence-corrected chi connectivity index (χ3v) is 3.58. The predicted octanol–water partition coefficient (Wildman–Crippen LogP) is 1.91. The zero-order chi connectivity index (χ0) is 15.9. The van der Waals surface area contributed by atoms with E-state index in [0.717, 1.165) is 6.42 Å². The molecule has 0 bridgehead atoms. The zero-order valence-corrected chi connectivity index (χ0v) is 13.0. The molecule has 120 valence electrons. The first-order chi connectivity index (χ1) is 9.80. The molecule has 0 saturated heterocycles. The van der Waals surface area contributed by atoms with Gasteiger partial charge in [0.1, 0.15) is 19.5 Å². The lowest BCUT2D eigenvalue weighted by Gasteiger charge is -2.30. The highest BCUT2D eigenvalue weighted by atomic mass is 16.6. The Balaban J connectivity index is 2.40. The molecule has 0 aromatic heterocycles. The molecule has 0 aromatic carbocycles. The van der Waals surface area contributed by atoms with Gasteiger partial charge in [-0.05, 0) is 24.2 Å². The maximum absolute atomic E-state index is 11.8. The third kappa shape index (κ3) is 6.51. The van der Waals surface area contributed by atoms with Gasteiger partial charge in [0.2, 0.25) is 5.76 Å². The Kier molecular flexibility index (Phi) is 6.52. The topological polar surface area (TPSA) is 84.9 Å². The van der Waals surface area contributed by atoms with Crippen LogP contribution < -0.4 is 5.32 Å². The van der Waals surface area contributed by atoms with Gasteiger partial charge < -0.3 is 19.9 Å². The van der Waals surface area contributed by atoms with Crippen LogP contribution in [-0.4, -0.2) is 36.7 Å². The van der Waals surface area contributed by atoms with Crippen molar-refractivity contribution >= 4 is 11.9 Å². The summed E-state index contributed by atoms with van der Waals surface area (Å²) < 4.78 is 10.2. The third-order valence-electron chi connectivity index (χ3n) is 3.58. The summed E-state index contributed by atoms with van der Waals surface area (Å²) in [5.74, 6) is -0.655. The van der Waals surface area contributed by atoms with Gasteiger partial charge in [0, 0.05) is 13.0 Å². The Morgan fingerprint density at radius 1 is 1.33 bits per heavy atom. The molecule has 21 heavy (non-hydrogen) atoms. The van der Waals surface area contributed by atoms with Crippen molar-refractivity contribution in [2.45, 2.75) is 40.0 Å². The summed E-state index contributed by atoms with van der Waals surface area (Å²) in [4.78, 5) is 22.5. The van der Waals surface area contributed by atoms with Gasteiger partial charge in [0.25, 0.3) is 5.91 Å².